The molecule has 1 N–H and O–H groups in total. The Labute approximate surface area is 117 Å². The van der Waals surface area contributed by atoms with Gasteiger partial charge in [-0.05, 0) is 43.3 Å². The third-order valence-electron chi connectivity index (χ3n) is 2.31. The molecule has 1 heterocycles. The van der Waals surface area contributed by atoms with Gasteiger partial charge in [0.1, 0.15) is 5.75 Å². The second-order valence-electron chi connectivity index (χ2n) is 3.94. The van der Waals surface area contributed by atoms with Crippen molar-refractivity contribution in [2.45, 2.75) is 13.3 Å². The monoisotopic (exact) mass is 301 g/mol. The normalized spacial score (nSPS) is 11.2. The van der Waals surface area contributed by atoms with Gasteiger partial charge in [0, 0.05) is 10.6 Å². The van der Waals surface area contributed by atoms with Gasteiger partial charge in [-0.3, -0.25) is 4.79 Å². The molecule has 0 spiro atoms. The van der Waals surface area contributed by atoms with Gasteiger partial charge in [-0.2, -0.15) is 0 Å². The Morgan fingerprint density at radius 3 is 2.30 bits per heavy atom. The van der Waals surface area contributed by atoms with Crippen LogP contribution in [0.4, 0.5) is 18.9 Å². The predicted octanol–water partition coefficient (Wildman–Crippen LogP) is 4.21. The number of carbonyl (C=O) groups is 1. The molecule has 0 bridgehead atoms. The number of amides is 1. The second kappa shape index (κ2) is 5.54. The molecule has 1 aromatic carbocycles. The van der Waals surface area contributed by atoms with Crippen molar-refractivity contribution in [3.05, 3.63) is 46.2 Å². The SMILES string of the molecule is Cc1ccc(C(=O)Nc2ccc(OC(F)(F)F)cc2)s1. The van der Waals surface area contributed by atoms with Crippen molar-refractivity contribution < 1.29 is 22.7 Å². The largest absolute Gasteiger partial charge is 0.573 e. The van der Waals surface area contributed by atoms with E-state index in [1.165, 1.54) is 23.5 Å². The van der Waals surface area contributed by atoms with E-state index in [-0.39, 0.29) is 11.7 Å². The van der Waals surface area contributed by atoms with Crippen LogP contribution in [0.15, 0.2) is 36.4 Å². The quantitative estimate of drug-likeness (QED) is 0.922. The van der Waals surface area contributed by atoms with E-state index in [9.17, 15) is 18.0 Å². The molecule has 0 aliphatic rings. The van der Waals surface area contributed by atoms with E-state index in [0.29, 0.717) is 10.6 Å². The summed E-state index contributed by atoms with van der Waals surface area (Å²) in [5.74, 6) is -0.630. The Balaban J connectivity index is 2.02. The number of anilines is 1. The van der Waals surface area contributed by atoms with E-state index in [1.807, 2.05) is 13.0 Å². The molecule has 0 aliphatic carbocycles. The number of hydrogen-bond donors (Lipinski definition) is 1. The van der Waals surface area contributed by atoms with Crippen LogP contribution in [0.2, 0.25) is 0 Å². The highest BCUT2D eigenvalue weighted by Crippen LogP contribution is 2.24. The lowest BCUT2D eigenvalue weighted by molar-refractivity contribution is -0.274. The molecule has 0 unspecified atom stereocenters. The third-order valence-corrected chi connectivity index (χ3v) is 3.31. The van der Waals surface area contributed by atoms with Gasteiger partial charge in [-0.1, -0.05) is 0 Å². The highest BCUT2D eigenvalue weighted by molar-refractivity contribution is 7.14. The predicted molar refractivity (Wildman–Crippen MR) is 70.1 cm³/mol. The Kier molecular flexibility index (Phi) is 3.99. The Morgan fingerprint density at radius 2 is 1.80 bits per heavy atom. The number of nitrogens with one attached hydrogen (secondary N) is 1. The molecular formula is C13H10F3NO2S. The molecule has 106 valence electrons. The zero-order valence-electron chi connectivity index (χ0n) is 10.3. The van der Waals surface area contributed by atoms with Crippen LogP contribution in [0.3, 0.4) is 0 Å². The molecule has 0 radical (unpaired) electrons. The standard InChI is InChI=1S/C13H10F3NO2S/c1-8-2-7-11(20-8)12(18)17-9-3-5-10(6-4-9)19-13(14,15)16/h2-7H,1H3,(H,17,18). The molecule has 20 heavy (non-hydrogen) atoms. The number of ether oxygens (including phenoxy) is 1. The van der Waals surface area contributed by atoms with Gasteiger partial charge in [0.15, 0.2) is 0 Å². The highest BCUT2D eigenvalue weighted by atomic mass is 32.1. The van der Waals surface area contributed by atoms with Gasteiger partial charge in [0.2, 0.25) is 0 Å². The summed E-state index contributed by atoms with van der Waals surface area (Å²) in [6.45, 7) is 1.88. The van der Waals surface area contributed by atoms with E-state index >= 15 is 0 Å². The minimum atomic E-state index is -4.72. The molecular weight excluding hydrogens is 291 g/mol. The molecule has 2 rings (SSSR count). The molecule has 0 saturated heterocycles. The van der Waals surface area contributed by atoms with Gasteiger partial charge in [0.05, 0.1) is 4.88 Å². The first-order chi connectivity index (χ1) is 9.33. The summed E-state index contributed by atoms with van der Waals surface area (Å²) in [5.41, 5.74) is 0.399. The number of rotatable bonds is 3. The lowest BCUT2D eigenvalue weighted by Crippen LogP contribution is -2.17. The van der Waals surface area contributed by atoms with Crippen LogP contribution in [-0.2, 0) is 0 Å². The van der Waals surface area contributed by atoms with Crippen molar-refractivity contribution in [2.75, 3.05) is 5.32 Å². The van der Waals surface area contributed by atoms with E-state index in [2.05, 4.69) is 10.1 Å². The fourth-order valence-electron chi connectivity index (χ4n) is 1.49. The minimum Gasteiger partial charge on any atom is -0.406 e. The van der Waals surface area contributed by atoms with E-state index in [1.54, 1.807) is 6.07 Å². The summed E-state index contributed by atoms with van der Waals surface area (Å²) in [6.07, 6.45) is -4.72. The van der Waals surface area contributed by atoms with Crippen molar-refractivity contribution in [1.82, 2.24) is 0 Å². The van der Waals surface area contributed by atoms with Crippen LogP contribution < -0.4 is 10.1 Å². The number of halogens is 3. The van der Waals surface area contributed by atoms with Crippen LogP contribution >= 0.6 is 11.3 Å². The van der Waals surface area contributed by atoms with Crippen molar-refractivity contribution >= 4 is 22.9 Å². The summed E-state index contributed by atoms with van der Waals surface area (Å²) in [6, 6.07) is 8.49. The van der Waals surface area contributed by atoms with Gasteiger partial charge < -0.3 is 10.1 Å². The zero-order chi connectivity index (χ0) is 14.8. The fraction of sp³-hybridized carbons (Fsp3) is 0.154. The van der Waals surface area contributed by atoms with Crippen LogP contribution in [0.1, 0.15) is 14.5 Å². The summed E-state index contributed by atoms with van der Waals surface area (Å²) in [5, 5.41) is 2.60. The Bertz CT molecular complexity index is 605. The second-order valence-corrected chi connectivity index (χ2v) is 5.22. The maximum Gasteiger partial charge on any atom is 0.573 e. The molecule has 7 heteroatoms. The van der Waals surface area contributed by atoms with Gasteiger partial charge >= 0.3 is 6.36 Å². The molecule has 0 saturated carbocycles. The lowest BCUT2D eigenvalue weighted by atomic mass is 10.3. The van der Waals surface area contributed by atoms with Gasteiger partial charge in [-0.25, -0.2) is 0 Å². The minimum absolute atomic E-state index is 0.299. The molecule has 0 atom stereocenters. The molecule has 1 aromatic heterocycles. The number of thiophene rings is 1. The van der Waals surface area contributed by atoms with Crippen molar-refractivity contribution in [2.24, 2.45) is 0 Å². The average molecular weight is 301 g/mol. The number of benzene rings is 1. The molecule has 1 amide bonds. The van der Waals surface area contributed by atoms with Crippen LogP contribution in [-0.4, -0.2) is 12.3 Å². The Morgan fingerprint density at radius 1 is 1.15 bits per heavy atom. The lowest BCUT2D eigenvalue weighted by Gasteiger charge is -2.09. The number of alkyl halides is 3. The average Bonchev–Trinajstić information content (AvgIpc) is 2.77. The summed E-state index contributed by atoms with van der Waals surface area (Å²) in [7, 11) is 0. The first-order valence-electron chi connectivity index (χ1n) is 5.57. The van der Waals surface area contributed by atoms with Crippen LogP contribution in [0.5, 0.6) is 5.75 Å². The van der Waals surface area contributed by atoms with Crippen molar-refractivity contribution in [3.8, 4) is 5.75 Å². The van der Waals surface area contributed by atoms with Gasteiger partial charge in [0.25, 0.3) is 5.91 Å². The first kappa shape index (κ1) is 14.4. The van der Waals surface area contributed by atoms with E-state index in [4.69, 9.17) is 0 Å². The molecule has 0 fully saturated rings. The topological polar surface area (TPSA) is 38.3 Å². The van der Waals surface area contributed by atoms with Gasteiger partial charge in [-0.15, -0.1) is 24.5 Å². The smallest absolute Gasteiger partial charge is 0.406 e. The van der Waals surface area contributed by atoms with Crippen molar-refractivity contribution in [1.29, 1.82) is 0 Å². The van der Waals surface area contributed by atoms with Crippen molar-refractivity contribution in [3.63, 3.8) is 0 Å². The third kappa shape index (κ3) is 3.99. The number of aryl methyl sites for hydroxylation is 1. The first-order valence-corrected chi connectivity index (χ1v) is 6.39. The molecule has 2 aromatic rings. The fourth-order valence-corrected chi connectivity index (χ4v) is 2.25. The summed E-state index contributed by atoms with van der Waals surface area (Å²) >= 11 is 1.34. The Hall–Kier alpha value is -2.02. The number of carbonyl (C=O) groups excluding carboxylic acids is 1. The maximum absolute atomic E-state index is 12.0. The maximum atomic E-state index is 12.0. The van der Waals surface area contributed by atoms with Crippen LogP contribution in [0.25, 0.3) is 0 Å². The summed E-state index contributed by atoms with van der Waals surface area (Å²) in [4.78, 5) is 13.4. The van der Waals surface area contributed by atoms with Crippen LogP contribution in [0, 0.1) is 6.92 Å². The zero-order valence-corrected chi connectivity index (χ0v) is 11.1. The van der Waals surface area contributed by atoms with E-state index < -0.39 is 6.36 Å². The highest BCUT2D eigenvalue weighted by Gasteiger charge is 2.30. The molecule has 3 nitrogen and oxygen atoms in total. The van der Waals surface area contributed by atoms with E-state index in [0.717, 1.165) is 17.0 Å². The molecule has 0 aliphatic heterocycles. The number of hydrogen-bond acceptors (Lipinski definition) is 3. The summed E-state index contributed by atoms with van der Waals surface area (Å²) < 4.78 is 39.7.